The summed E-state index contributed by atoms with van der Waals surface area (Å²) in [5.74, 6) is 0.510. The highest BCUT2D eigenvalue weighted by molar-refractivity contribution is 6.32. The highest BCUT2D eigenvalue weighted by Gasteiger charge is 2.27. The second-order valence-electron chi connectivity index (χ2n) is 5.05. The Morgan fingerprint density at radius 2 is 2.25 bits per heavy atom. The van der Waals surface area contributed by atoms with Gasteiger partial charge in [-0.05, 0) is 32.4 Å². The van der Waals surface area contributed by atoms with Crippen LogP contribution in [0.3, 0.4) is 0 Å². The summed E-state index contributed by atoms with van der Waals surface area (Å²) in [6.45, 7) is 5.32. The first-order valence-electron chi connectivity index (χ1n) is 7.07. The van der Waals surface area contributed by atoms with Crippen LogP contribution in [0.1, 0.15) is 32.3 Å². The molecule has 1 aromatic rings. The van der Waals surface area contributed by atoms with E-state index in [9.17, 15) is 4.79 Å². The lowest BCUT2D eigenvalue weighted by molar-refractivity contribution is -0.127. The van der Waals surface area contributed by atoms with Crippen LogP contribution >= 0.6 is 11.6 Å². The minimum absolute atomic E-state index is 0.0816. The van der Waals surface area contributed by atoms with Crippen molar-refractivity contribution in [3.63, 3.8) is 0 Å². The number of rotatable bonds is 7. The number of para-hydroxylation sites is 1. The molecule has 0 aromatic heterocycles. The Hall–Kier alpha value is -1.26. The molecule has 2 rings (SSSR count). The Labute approximate surface area is 124 Å². The molecule has 0 heterocycles. The maximum atomic E-state index is 11.9. The van der Waals surface area contributed by atoms with Gasteiger partial charge in [0.25, 0.3) is 5.91 Å². The van der Waals surface area contributed by atoms with Crippen molar-refractivity contribution in [1.82, 2.24) is 10.6 Å². The first kappa shape index (κ1) is 15.1. The molecule has 1 aromatic carbocycles. The summed E-state index contributed by atoms with van der Waals surface area (Å²) in [5, 5.41) is 6.70. The summed E-state index contributed by atoms with van der Waals surface area (Å²) < 4.78 is 5.78. The average molecular weight is 297 g/mol. The molecule has 0 bridgehead atoms. The smallest absolute Gasteiger partial charge is 0.260 e. The lowest BCUT2D eigenvalue weighted by atomic mass is 10.2. The Balaban J connectivity index is 2.04. The number of hydrogen-bond donors (Lipinski definition) is 2. The van der Waals surface area contributed by atoms with Crippen molar-refractivity contribution >= 4 is 17.5 Å². The molecule has 20 heavy (non-hydrogen) atoms. The minimum Gasteiger partial charge on any atom is -0.479 e. The Morgan fingerprint density at radius 1 is 1.50 bits per heavy atom. The third-order valence-corrected chi connectivity index (χ3v) is 3.50. The molecule has 1 amide bonds. The third kappa shape index (κ3) is 4.12. The molecule has 0 radical (unpaired) electrons. The van der Waals surface area contributed by atoms with Gasteiger partial charge in [0.05, 0.1) is 5.02 Å². The van der Waals surface area contributed by atoms with Gasteiger partial charge in [-0.15, -0.1) is 0 Å². The highest BCUT2D eigenvalue weighted by Crippen LogP contribution is 2.30. The van der Waals surface area contributed by atoms with E-state index in [1.807, 2.05) is 19.1 Å². The third-order valence-electron chi connectivity index (χ3n) is 3.20. The van der Waals surface area contributed by atoms with Crippen LogP contribution in [0.25, 0.3) is 0 Å². The van der Waals surface area contributed by atoms with E-state index in [1.54, 1.807) is 13.0 Å². The van der Waals surface area contributed by atoms with Crippen molar-refractivity contribution in [3.05, 3.63) is 28.8 Å². The summed E-state index contributed by atoms with van der Waals surface area (Å²) in [7, 11) is 0. The van der Waals surface area contributed by atoms with Crippen LogP contribution in [-0.4, -0.2) is 24.6 Å². The van der Waals surface area contributed by atoms with E-state index >= 15 is 0 Å². The quantitative estimate of drug-likeness (QED) is 0.813. The van der Waals surface area contributed by atoms with E-state index < -0.39 is 6.10 Å². The van der Waals surface area contributed by atoms with Gasteiger partial charge in [-0.1, -0.05) is 30.7 Å². The van der Waals surface area contributed by atoms with Crippen molar-refractivity contribution in [1.29, 1.82) is 0 Å². The van der Waals surface area contributed by atoms with Gasteiger partial charge in [0.2, 0.25) is 0 Å². The zero-order valence-electron chi connectivity index (χ0n) is 11.9. The molecule has 1 unspecified atom stereocenters. The van der Waals surface area contributed by atoms with E-state index in [0.29, 0.717) is 23.4 Å². The van der Waals surface area contributed by atoms with Crippen molar-refractivity contribution in [3.8, 4) is 5.75 Å². The number of ether oxygens (including phenoxy) is 1. The predicted molar refractivity (Wildman–Crippen MR) is 80.1 cm³/mol. The second-order valence-corrected chi connectivity index (χ2v) is 5.46. The summed E-state index contributed by atoms with van der Waals surface area (Å²) in [5.41, 5.74) is 0.963. The van der Waals surface area contributed by atoms with Gasteiger partial charge < -0.3 is 15.4 Å². The first-order chi connectivity index (χ1) is 9.61. The topological polar surface area (TPSA) is 50.4 Å². The van der Waals surface area contributed by atoms with Gasteiger partial charge >= 0.3 is 0 Å². The molecule has 5 heteroatoms. The fourth-order valence-corrected chi connectivity index (χ4v) is 2.10. The van der Waals surface area contributed by atoms with Gasteiger partial charge in [0, 0.05) is 18.2 Å². The van der Waals surface area contributed by atoms with Gasteiger partial charge in [0.15, 0.2) is 6.10 Å². The standard InChI is InChI=1S/C15H21ClN2O2/c1-3-17-9-11-5-4-6-13(16)14(11)20-10(2)15(19)18-12-7-8-12/h4-6,10,12,17H,3,7-9H2,1-2H3,(H,18,19). The number of carbonyl (C=O) groups excluding carboxylic acids is 1. The largest absolute Gasteiger partial charge is 0.479 e. The molecule has 0 spiro atoms. The maximum absolute atomic E-state index is 11.9. The van der Waals surface area contributed by atoms with Crippen molar-refractivity contribution in [2.45, 2.75) is 45.4 Å². The average Bonchev–Trinajstić information content (AvgIpc) is 3.23. The number of amides is 1. The van der Waals surface area contributed by atoms with Gasteiger partial charge in [-0.25, -0.2) is 0 Å². The van der Waals surface area contributed by atoms with Crippen molar-refractivity contribution in [2.75, 3.05) is 6.54 Å². The monoisotopic (exact) mass is 296 g/mol. The summed E-state index contributed by atoms with van der Waals surface area (Å²) >= 11 is 6.19. The fraction of sp³-hybridized carbons (Fsp3) is 0.533. The summed E-state index contributed by atoms with van der Waals surface area (Å²) in [6, 6.07) is 5.95. The van der Waals surface area contributed by atoms with Crippen LogP contribution in [-0.2, 0) is 11.3 Å². The van der Waals surface area contributed by atoms with Crippen LogP contribution in [0, 0.1) is 0 Å². The van der Waals surface area contributed by atoms with Crippen molar-refractivity contribution < 1.29 is 9.53 Å². The number of nitrogens with one attached hydrogen (secondary N) is 2. The van der Waals surface area contributed by atoms with E-state index in [1.165, 1.54) is 0 Å². The summed E-state index contributed by atoms with van der Waals surface area (Å²) in [6.07, 6.45) is 1.59. The Bertz CT molecular complexity index is 475. The molecule has 1 aliphatic rings. The van der Waals surface area contributed by atoms with E-state index in [0.717, 1.165) is 24.9 Å². The SMILES string of the molecule is CCNCc1cccc(Cl)c1OC(C)C(=O)NC1CC1. The number of benzene rings is 1. The lowest BCUT2D eigenvalue weighted by Crippen LogP contribution is -2.37. The van der Waals surface area contributed by atoms with Gasteiger partial charge in [-0.2, -0.15) is 0 Å². The number of hydrogen-bond acceptors (Lipinski definition) is 3. The fourth-order valence-electron chi connectivity index (χ4n) is 1.86. The van der Waals surface area contributed by atoms with Crippen LogP contribution in [0.15, 0.2) is 18.2 Å². The van der Waals surface area contributed by atoms with Gasteiger partial charge in [0.1, 0.15) is 5.75 Å². The molecule has 2 N–H and O–H groups in total. The van der Waals surface area contributed by atoms with E-state index in [4.69, 9.17) is 16.3 Å². The van der Waals surface area contributed by atoms with Crippen LogP contribution < -0.4 is 15.4 Å². The zero-order valence-corrected chi connectivity index (χ0v) is 12.7. The molecule has 1 aliphatic carbocycles. The molecule has 0 saturated heterocycles. The number of halogens is 1. The van der Waals surface area contributed by atoms with Crippen LogP contribution in [0.2, 0.25) is 5.02 Å². The molecule has 1 atom stereocenters. The highest BCUT2D eigenvalue weighted by atomic mass is 35.5. The zero-order chi connectivity index (χ0) is 14.5. The number of carbonyl (C=O) groups is 1. The molecule has 4 nitrogen and oxygen atoms in total. The lowest BCUT2D eigenvalue weighted by Gasteiger charge is -2.18. The van der Waals surface area contributed by atoms with E-state index in [2.05, 4.69) is 10.6 Å². The molecule has 0 aliphatic heterocycles. The first-order valence-corrected chi connectivity index (χ1v) is 7.44. The maximum Gasteiger partial charge on any atom is 0.260 e. The normalized spacial score (nSPS) is 15.8. The Kier molecular flexibility index (Phi) is 5.26. The summed E-state index contributed by atoms with van der Waals surface area (Å²) in [4.78, 5) is 11.9. The van der Waals surface area contributed by atoms with Crippen LogP contribution in [0.5, 0.6) is 5.75 Å². The van der Waals surface area contributed by atoms with Crippen molar-refractivity contribution in [2.24, 2.45) is 0 Å². The van der Waals surface area contributed by atoms with Gasteiger partial charge in [-0.3, -0.25) is 4.79 Å². The molecule has 110 valence electrons. The Morgan fingerprint density at radius 3 is 2.90 bits per heavy atom. The predicted octanol–water partition coefficient (Wildman–Crippen LogP) is 2.50. The van der Waals surface area contributed by atoms with Crippen LogP contribution in [0.4, 0.5) is 0 Å². The molecule has 1 fully saturated rings. The molecule has 1 saturated carbocycles. The molecular formula is C15H21ClN2O2. The molecular weight excluding hydrogens is 276 g/mol. The second kappa shape index (κ2) is 6.95. The van der Waals surface area contributed by atoms with E-state index in [-0.39, 0.29) is 5.91 Å². The minimum atomic E-state index is -0.545.